The fourth-order valence-corrected chi connectivity index (χ4v) is 8.58. The van der Waals surface area contributed by atoms with Crippen LogP contribution in [0.5, 0.6) is 5.88 Å². The third-order valence-electron chi connectivity index (χ3n) is 10.8. The number of benzene rings is 1. The lowest BCUT2D eigenvalue weighted by atomic mass is 10.0. The van der Waals surface area contributed by atoms with Gasteiger partial charge in [0.05, 0.1) is 22.8 Å². The van der Waals surface area contributed by atoms with Crippen LogP contribution in [0.2, 0.25) is 0 Å². The third-order valence-corrected chi connectivity index (χ3v) is 12.6. The molecule has 0 bridgehead atoms. The third kappa shape index (κ3) is 7.91. The van der Waals surface area contributed by atoms with E-state index in [1.54, 1.807) is 38.1 Å². The quantitative estimate of drug-likeness (QED) is 0.282. The van der Waals surface area contributed by atoms with Gasteiger partial charge in [0.2, 0.25) is 27.7 Å². The number of nitrogens with one attached hydrogen (secondary N) is 3. The van der Waals surface area contributed by atoms with Crippen molar-refractivity contribution in [3.8, 4) is 5.88 Å². The van der Waals surface area contributed by atoms with Crippen molar-refractivity contribution in [1.29, 1.82) is 0 Å². The molecule has 1 saturated heterocycles. The summed E-state index contributed by atoms with van der Waals surface area (Å²) in [7, 11) is -3.96. The van der Waals surface area contributed by atoms with E-state index in [2.05, 4.69) is 30.5 Å². The fourth-order valence-electron chi connectivity index (χ4n) is 7.21. The van der Waals surface area contributed by atoms with Crippen molar-refractivity contribution >= 4 is 44.7 Å². The van der Waals surface area contributed by atoms with Gasteiger partial charge in [-0.2, -0.15) is 8.78 Å². The highest BCUT2D eigenvalue weighted by Crippen LogP contribution is 2.46. The number of alkyl halides is 2. The van der Waals surface area contributed by atoms with Crippen molar-refractivity contribution in [1.82, 2.24) is 35.4 Å². The van der Waals surface area contributed by atoms with Crippen molar-refractivity contribution in [2.45, 2.75) is 113 Å². The van der Waals surface area contributed by atoms with Crippen LogP contribution in [0.1, 0.15) is 92.2 Å². The summed E-state index contributed by atoms with van der Waals surface area (Å²) in [5, 5.41) is 8.70. The molecule has 55 heavy (non-hydrogen) atoms. The molecule has 7 rings (SSSR count). The first-order chi connectivity index (χ1) is 26.1. The minimum atomic E-state index is -3.96. The maximum atomic E-state index is 14.9. The first kappa shape index (κ1) is 38.3. The zero-order valence-electron chi connectivity index (χ0n) is 30.6. The van der Waals surface area contributed by atoms with Gasteiger partial charge in [0.15, 0.2) is 11.4 Å². The summed E-state index contributed by atoms with van der Waals surface area (Å²) in [6.07, 6.45) is 6.17. The van der Waals surface area contributed by atoms with E-state index in [4.69, 9.17) is 9.26 Å². The van der Waals surface area contributed by atoms with Gasteiger partial charge in [0.1, 0.15) is 29.5 Å². The van der Waals surface area contributed by atoms with Crippen LogP contribution in [0.3, 0.4) is 0 Å². The van der Waals surface area contributed by atoms with E-state index in [1.807, 2.05) is 6.08 Å². The van der Waals surface area contributed by atoms with Crippen LogP contribution in [-0.4, -0.2) is 87.6 Å². The number of carbonyl (C=O) groups excluding carboxylic acids is 4. The Morgan fingerprint density at radius 3 is 2.47 bits per heavy atom. The fraction of sp³-hybridized carbons (Fsp3) is 0.541. The summed E-state index contributed by atoms with van der Waals surface area (Å²) in [5.41, 5.74) is -1.34. The number of rotatable bonds is 8. The molecule has 5 atom stereocenters. The number of halogens is 2. The number of para-hydroxylation sites is 2. The van der Waals surface area contributed by atoms with E-state index in [9.17, 15) is 36.4 Å². The first-order valence-electron chi connectivity index (χ1n) is 18.5. The number of hydrogen-bond donors (Lipinski definition) is 3. The van der Waals surface area contributed by atoms with Gasteiger partial charge in [0, 0.05) is 24.8 Å². The second-order valence-corrected chi connectivity index (χ2v) is 16.9. The monoisotopic (exact) mass is 783 g/mol. The average molecular weight is 784 g/mol. The lowest BCUT2D eigenvalue weighted by Crippen LogP contribution is -2.58. The van der Waals surface area contributed by atoms with Crippen LogP contribution in [-0.2, 0) is 30.3 Å². The lowest BCUT2D eigenvalue weighted by Gasteiger charge is -2.29. The van der Waals surface area contributed by atoms with E-state index in [-0.39, 0.29) is 42.5 Å². The average Bonchev–Trinajstić information content (AvgIpc) is 4.04. The number of allylic oxidation sites excluding steroid dienone is 1. The second-order valence-electron chi connectivity index (χ2n) is 15.0. The number of carbonyl (C=O) groups is 4. The van der Waals surface area contributed by atoms with Gasteiger partial charge in [0.25, 0.3) is 17.7 Å². The number of amides is 4. The summed E-state index contributed by atoms with van der Waals surface area (Å²) in [6.45, 7) is 3.70. The number of sulfonamides is 1. The van der Waals surface area contributed by atoms with Gasteiger partial charge in [-0.05, 0) is 64.5 Å². The van der Waals surface area contributed by atoms with E-state index in [1.165, 1.54) is 11.0 Å². The molecule has 0 unspecified atom stereocenters. The first-order valence-corrected chi connectivity index (χ1v) is 20.0. The summed E-state index contributed by atoms with van der Waals surface area (Å²) in [6, 6.07) is 3.97. The highest BCUT2D eigenvalue weighted by molar-refractivity contribution is 7.91. The smallest absolute Gasteiger partial charge is 0.292 e. The predicted molar refractivity (Wildman–Crippen MR) is 192 cm³/mol. The Labute approximate surface area is 316 Å². The molecule has 15 nitrogen and oxygen atoms in total. The number of fused-ring (bicyclic) bond motifs is 3. The van der Waals surface area contributed by atoms with Crippen molar-refractivity contribution < 1.29 is 45.6 Å². The molecule has 294 valence electrons. The van der Waals surface area contributed by atoms with Gasteiger partial charge in [-0.25, -0.2) is 18.4 Å². The molecule has 4 aliphatic rings. The van der Waals surface area contributed by atoms with Crippen molar-refractivity contribution in [2.75, 3.05) is 6.54 Å². The Kier molecular flexibility index (Phi) is 10.1. The van der Waals surface area contributed by atoms with E-state index >= 15 is 0 Å². The molecule has 2 aliphatic heterocycles. The molecule has 18 heteroatoms. The van der Waals surface area contributed by atoms with Gasteiger partial charge in [-0.1, -0.05) is 42.3 Å². The molecule has 4 heterocycles. The van der Waals surface area contributed by atoms with Crippen LogP contribution < -0.4 is 20.1 Å². The molecule has 0 radical (unpaired) electrons. The van der Waals surface area contributed by atoms with Gasteiger partial charge in [-0.3, -0.25) is 23.9 Å². The minimum absolute atomic E-state index is 0.0000322. The maximum absolute atomic E-state index is 14.9. The minimum Gasteiger partial charge on any atom is -0.471 e. The Bertz CT molecular complexity index is 2170. The van der Waals surface area contributed by atoms with Gasteiger partial charge < -0.3 is 24.8 Å². The summed E-state index contributed by atoms with van der Waals surface area (Å²) in [5.74, 6) is -6.97. The normalized spacial score (nSPS) is 26.9. The van der Waals surface area contributed by atoms with Crippen LogP contribution >= 0.6 is 0 Å². The molecule has 4 amide bonds. The summed E-state index contributed by atoms with van der Waals surface area (Å²) in [4.78, 5) is 65.7. The highest BCUT2D eigenvalue weighted by Gasteiger charge is 2.62. The topological polar surface area (TPSA) is 203 Å². The van der Waals surface area contributed by atoms with Crippen molar-refractivity contribution in [3.63, 3.8) is 0 Å². The zero-order valence-corrected chi connectivity index (χ0v) is 31.5. The summed E-state index contributed by atoms with van der Waals surface area (Å²) >= 11 is 0. The molecule has 1 aromatic carbocycles. The molecular weight excluding hydrogens is 741 g/mol. The Morgan fingerprint density at radius 2 is 1.80 bits per heavy atom. The molecule has 2 aliphatic carbocycles. The molecule has 2 aromatic heterocycles. The van der Waals surface area contributed by atoms with Crippen LogP contribution in [0, 0.1) is 19.8 Å². The Balaban J connectivity index is 1.22. The van der Waals surface area contributed by atoms with Gasteiger partial charge >= 0.3 is 0 Å². The largest absolute Gasteiger partial charge is 0.471 e. The van der Waals surface area contributed by atoms with Gasteiger partial charge in [-0.15, -0.1) is 0 Å². The Hall–Kier alpha value is -5.00. The van der Waals surface area contributed by atoms with Crippen molar-refractivity contribution in [2.24, 2.45) is 5.92 Å². The van der Waals surface area contributed by atoms with E-state index < -0.39 is 86.0 Å². The van der Waals surface area contributed by atoms with E-state index in [0.29, 0.717) is 50.4 Å². The standard InChI is InChI=1S/C37H43F2N7O8S/c1-20-21(2)54-44-29(20)32(48)41-27-14-8-6-4-5-7-11-22-18-37(22,35(50)45-55(51,52)24-15-16-24)43-31(47)28-17-23(19-46(28)34(27)49)53-33-30(36(3,38)39)40-25-12-9-10-13-26(25)42-33/h7,9-13,22-24,27-28H,4-6,8,14-19H2,1-3H3,(H,41,48)(H,43,47)(H,45,50)/b11-7-/t22-,23-,27+,28+,37-/m1/s1. The van der Waals surface area contributed by atoms with Crippen LogP contribution in [0.15, 0.2) is 40.9 Å². The van der Waals surface area contributed by atoms with Crippen molar-refractivity contribution in [3.05, 3.63) is 59.1 Å². The number of aromatic nitrogens is 3. The molecular formula is C37H43F2N7O8S. The zero-order chi connectivity index (χ0) is 39.3. The number of hydrogen-bond acceptors (Lipinski definition) is 11. The summed E-state index contributed by atoms with van der Waals surface area (Å²) < 4.78 is 68.9. The van der Waals surface area contributed by atoms with Crippen LogP contribution in [0.4, 0.5) is 8.78 Å². The molecule has 2 saturated carbocycles. The number of ether oxygens (including phenoxy) is 1. The molecule has 3 fully saturated rings. The second kappa shape index (κ2) is 14.6. The molecule has 3 N–H and O–H groups in total. The van der Waals surface area contributed by atoms with E-state index in [0.717, 1.165) is 6.42 Å². The lowest BCUT2D eigenvalue weighted by molar-refractivity contribution is -0.141. The number of nitrogens with zero attached hydrogens (tertiary/aromatic N) is 4. The molecule has 0 spiro atoms. The highest BCUT2D eigenvalue weighted by atomic mass is 32.2. The molecule has 3 aromatic rings. The number of aryl methyl sites for hydroxylation is 1. The Morgan fingerprint density at radius 1 is 1.07 bits per heavy atom. The maximum Gasteiger partial charge on any atom is 0.292 e. The SMILES string of the molecule is Cc1onc(C(=O)N[C@H]2CCCCC/C=C\[C@@H]3C[C@@]3(C(=O)NS(=O)(=O)C3CC3)NC(=O)[C@@H]3C[C@@H](Oc4nc5ccccc5nc4C(C)(F)F)CN3C2=O)c1C. The predicted octanol–water partition coefficient (Wildman–Crippen LogP) is 3.50. The van der Waals surface area contributed by atoms with Crippen LogP contribution in [0.25, 0.3) is 11.0 Å².